The molecule has 1 amide bonds. The molecule has 2 aromatic rings. The van der Waals surface area contributed by atoms with E-state index >= 15 is 0 Å². The van der Waals surface area contributed by atoms with Crippen molar-refractivity contribution < 1.29 is 23.7 Å². The maximum absolute atomic E-state index is 12.5. The van der Waals surface area contributed by atoms with Crippen LogP contribution in [0.3, 0.4) is 0 Å². The summed E-state index contributed by atoms with van der Waals surface area (Å²) in [6.07, 6.45) is 0.170. The largest absolute Gasteiger partial charge is 0.497 e. The Labute approximate surface area is 147 Å². The number of carbonyl (C=O) groups excluding carboxylic acids is 1. The van der Waals surface area contributed by atoms with E-state index in [1.807, 2.05) is 19.1 Å². The fourth-order valence-corrected chi connectivity index (χ4v) is 2.64. The maximum atomic E-state index is 12.5. The highest BCUT2D eigenvalue weighted by molar-refractivity contribution is 5.94. The van der Waals surface area contributed by atoms with Gasteiger partial charge in [-0.1, -0.05) is 6.07 Å². The zero-order valence-electron chi connectivity index (χ0n) is 15.1. The first-order valence-corrected chi connectivity index (χ1v) is 7.76. The number of hydrogen-bond acceptors (Lipinski definition) is 5. The van der Waals surface area contributed by atoms with Crippen LogP contribution in [0.1, 0.15) is 11.1 Å². The van der Waals surface area contributed by atoms with Crippen molar-refractivity contribution >= 4 is 11.6 Å². The SMILES string of the molecule is COc1ccc(NC(=O)Cc2ccc(OC)c(C)c2OC)c(OC)c1. The van der Waals surface area contributed by atoms with Crippen molar-refractivity contribution in [3.63, 3.8) is 0 Å². The van der Waals surface area contributed by atoms with Gasteiger partial charge in [0.2, 0.25) is 5.91 Å². The summed E-state index contributed by atoms with van der Waals surface area (Å²) in [4.78, 5) is 12.5. The van der Waals surface area contributed by atoms with Crippen molar-refractivity contribution in [3.05, 3.63) is 41.5 Å². The molecule has 6 nitrogen and oxygen atoms in total. The molecule has 0 saturated heterocycles. The Hall–Kier alpha value is -2.89. The van der Waals surface area contributed by atoms with E-state index < -0.39 is 0 Å². The number of rotatable bonds is 7. The van der Waals surface area contributed by atoms with Crippen molar-refractivity contribution in [2.45, 2.75) is 13.3 Å². The van der Waals surface area contributed by atoms with Crippen LogP contribution >= 0.6 is 0 Å². The fourth-order valence-electron chi connectivity index (χ4n) is 2.64. The quantitative estimate of drug-likeness (QED) is 0.835. The number of ether oxygens (including phenoxy) is 4. The van der Waals surface area contributed by atoms with E-state index in [2.05, 4.69) is 5.32 Å². The monoisotopic (exact) mass is 345 g/mol. The topological polar surface area (TPSA) is 66.0 Å². The first-order valence-electron chi connectivity index (χ1n) is 7.76. The van der Waals surface area contributed by atoms with E-state index in [1.165, 1.54) is 0 Å². The predicted molar refractivity (Wildman–Crippen MR) is 96.2 cm³/mol. The first kappa shape index (κ1) is 18.4. The van der Waals surface area contributed by atoms with Crippen molar-refractivity contribution in [1.82, 2.24) is 0 Å². The highest BCUT2D eigenvalue weighted by Gasteiger charge is 2.15. The molecule has 0 heterocycles. The number of nitrogens with one attached hydrogen (secondary N) is 1. The molecule has 0 bridgehead atoms. The third-order valence-corrected chi connectivity index (χ3v) is 3.90. The molecule has 0 fully saturated rings. The normalized spacial score (nSPS) is 10.1. The molecule has 25 heavy (non-hydrogen) atoms. The van der Waals surface area contributed by atoms with Crippen molar-refractivity contribution in [2.24, 2.45) is 0 Å². The Morgan fingerprint density at radius 1 is 0.920 bits per heavy atom. The summed E-state index contributed by atoms with van der Waals surface area (Å²) in [6, 6.07) is 8.87. The third-order valence-electron chi connectivity index (χ3n) is 3.90. The molecule has 6 heteroatoms. The van der Waals surface area contributed by atoms with Gasteiger partial charge in [-0.3, -0.25) is 4.79 Å². The molecule has 1 N–H and O–H groups in total. The summed E-state index contributed by atoms with van der Waals surface area (Å²) >= 11 is 0. The van der Waals surface area contributed by atoms with Crippen LogP contribution in [0.25, 0.3) is 0 Å². The second kappa shape index (κ2) is 8.28. The van der Waals surface area contributed by atoms with E-state index in [4.69, 9.17) is 18.9 Å². The van der Waals surface area contributed by atoms with Crippen molar-refractivity contribution in [2.75, 3.05) is 33.8 Å². The molecule has 0 aliphatic carbocycles. The second-order valence-corrected chi connectivity index (χ2v) is 5.38. The number of amides is 1. The Balaban J connectivity index is 2.20. The smallest absolute Gasteiger partial charge is 0.229 e. The molecular weight excluding hydrogens is 322 g/mol. The van der Waals surface area contributed by atoms with Gasteiger partial charge in [-0.05, 0) is 25.1 Å². The van der Waals surface area contributed by atoms with Gasteiger partial charge < -0.3 is 24.3 Å². The molecule has 0 saturated carbocycles. The molecule has 134 valence electrons. The summed E-state index contributed by atoms with van der Waals surface area (Å²) in [5, 5.41) is 2.85. The molecule has 0 atom stereocenters. The number of hydrogen-bond donors (Lipinski definition) is 1. The second-order valence-electron chi connectivity index (χ2n) is 5.38. The molecule has 2 rings (SSSR count). The Kier molecular flexibility index (Phi) is 6.11. The van der Waals surface area contributed by atoms with Gasteiger partial charge in [0, 0.05) is 17.2 Å². The molecule has 0 aliphatic rings. The van der Waals surface area contributed by atoms with E-state index in [-0.39, 0.29) is 12.3 Å². The van der Waals surface area contributed by atoms with Crippen LogP contribution < -0.4 is 24.3 Å². The lowest BCUT2D eigenvalue weighted by Gasteiger charge is -2.15. The van der Waals surface area contributed by atoms with Gasteiger partial charge in [0.1, 0.15) is 23.0 Å². The molecule has 0 unspecified atom stereocenters. The molecular formula is C19H23NO5. The maximum Gasteiger partial charge on any atom is 0.229 e. The van der Waals surface area contributed by atoms with E-state index in [0.29, 0.717) is 22.9 Å². The van der Waals surface area contributed by atoms with Gasteiger partial charge in [0.25, 0.3) is 0 Å². The van der Waals surface area contributed by atoms with Crippen molar-refractivity contribution in [3.8, 4) is 23.0 Å². The number of anilines is 1. The summed E-state index contributed by atoms with van der Waals surface area (Å²) in [5.74, 6) is 2.38. The Morgan fingerprint density at radius 3 is 2.24 bits per heavy atom. The predicted octanol–water partition coefficient (Wildman–Crippen LogP) is 3.21. The van der Waals surface area contributed by atoms with Gasteiger partial charge >= 0.3 is 0 Å². The highest BCUT2D eigenvalue weighted by atomic mass is 16.5. The summed E-state index contributed by atoms with van der Waals surface area (Å²) in [5.41, 5.74) is 2.22. The van der Waals surface area contributed by atoms with Gasteiger partial charge in [-0.2, -0.15) is 0 Å². The van der Waals surface area contributed by atoms with Gasteiger partial charge in [-0.25, -0.2) is 0 Å². The minimum atomic E-state index is -0.175. The molecule has 0 aromatic heterocycles. The van der Waals surface area contributed by atoms with Gasteiger partial charge in [-0.15, -0.1) is 0 Å². The minimum absolute atomic E-state index is 0.170. The summed E-state index contributed by atoms with van der Waals surface area (Å²) in [7, 11) is 6.30. The van der Waals surface area contributed by atoms with Crippen LogP contribution in [-0.2, 0) is 11.2 Å². The molecule has 0 aliphatic heterocycles. The van der Waals surface area contributed by atoms with Crippen LogP contribution in [0.4, 0.5) is 5.69 Å². The van der Waals surface area contributed by atoms with Gasteiger partial charge in [0.15, 0.2) is 0 Å². The van der Waals surface area contributed by atoms with E-state index in [0.717, 1.165) is 16.9 Å². The summed E-state index contributed by atoms with van der Waals surface area (Å²) < 4.78 is 21.2. The van der Waals surface area contributed by atoms with Gasteiger partial charge in [0.05, 0.1) is 40.5 Å². The summed E-state index contributed by atoms with van der Waals surface area (Å²) in [6.45, 7) is 1.89. The highest BCUT2D eigenvalue weighted by Crippen LogP contribution is 2.32. The van der Waals surface area contributed by atoms with Crippen LogP contribution in [0.5, 0.6) is 23.0 Å². The van der Waals surface area contributed by atoms with E-state index in [9.17, 15) is 4.79 Å². The zero-order valence-corrected chi connectivity index (χ0v) is 15.1. The number of benzene rings is 2. The third kappa shape index (κ3) is 4.15. The Bertz CT molecular complexity index is 758. The van der Waals surface area contributed by atoms with Crippen LogP contribution in [0, 0.1) is 6.92 Å². The van der Waals surface area contributed by atoms with E-state index in [1.54, 1.807) is 46.6 Å². The van der Waals surface area contributed by atoms with Crippen LogP contribution in [-0.4, -0.2) is 34.3 Å². The lowest BCUT2D eigenvalue weighted by Crippen LogP contribution is -2.16. The molecule has 0 spiro atoms. The average molecular weight is 345 g/mol. The standard InChI is InChI=1S/C19H23NO5/c1-12-16(23-3)9-6-13(19(12)25-5)10-18(21)20-15-8-7-14(22-2)11-17(15)24-4/h6-9,11H,10H2,1-5H3,(H,20,21). The van der Waals surface area contributed by atoms with Crippen LogP contribution in [0.2, 0.25) is 0 Å². The lowest BCUT2D eigenvalue weighted by atomic mass is 10.1. The minimum Gasteiger partial charge on any atom is -0.497 e. The lowest BCUT2D eigenvalue weighted by molar-refractivity contribution is -0.115. The zero-order chi connectivity index (χ0) is 18.4. The fraction of sp³-hybridized carbons (Fsp3) is 0.316. The number of carbonyl (C=O) groups is 1. The number of methoxy groups -OCH3 is 4. The average Bonchev–Trinajstić information content (AvgIpc) is 2.62. The first-order chi connectivity index (χ1) is 12.0. The molecule has 0 radical (unpaired) electrons. The van der Waals surface area contributed by atoms with Crippen molar-refractivity contribution in [1.29, 1.82) is 0 Å². The van der Waals surface area contributed by atoms with Crippen LogP contribution in [0.15, 0.2) is 30.3 Å². The Morgan fingerprint density at radius 2 is 1.64 bits per heavy atom. The molecule has 2 aromatic carbocycles.